The molecule has 0 saturated heterocycles. The van der Waals surface area contributed by atoms with E-state index < -0.39 is 0 Å². The minimum atomic E-state index is 0.944. The van der Waals surface area contributed by atoms with Crippen LogP contribution in [0.5, 0.6) is 5.75 Å². The summed E-state index contributed by atoms with van der Waals surface area (Å²) >= 11 is 1.82. The Labute approximate surface area is 241 Å². The largest absolute Gasteiger partial charge is 0.495 e. The van der Waals surface area contributed by atoms with Gasteiger partial charge in [0.05, 0.1) is 11.8 Å². The van der Waals surface area contributed by atoms with Gasteiger partial charge in [-0.15, -0.1) is 11.3 Å². The molecule has 9 rings (SSSR count). The summed E-state index contributed by atoms with van der Waals surface area (Å²) in [4.78, 5) is 0. The first kappa shape index (κ1) is 22.9. The lowest BCUT2D eigenvalue weighted by Crippen LogP contribution is -1.89. The highest BCUT2D eigenvalue weighted by Crippen LogP contribution is 2.48. The smallest absolute Gasteiger partial charge is 0.137 e. The minimum Gasteiger partial charge on any atom is -0.495 e. The maximum absolute atomic E-state index is 5.94. The predicted octanol–water partition coefficient (Wildman–Crippen LogP) is 11.4. The van der Waals surface area contributed by atoms with Crippen molar-refractivity contribution in [2.24, 2.45) is 0 Å². The fourth-order valence-electron chi connectivity index (χ4n) is 6.76. The molecule has 0 radical (unpaired) electrons. The quantitative estimate of drug-likeness (QED) is 0.203. The standard InChI is InChI=1S/C39H24OS/c1-40-35-22-34(32-18-17-23-8-6-12-36-37(23)38(32)39(35)41-36)28-16-14-24-19-27(15-13-25(24)20-28)33-21-26-7-2-3-9-29(26)30-10-4-5-11-31(30)33/h2-22H,1H3. The molecule has 0 spiro atoms. The lowest BCUT2D eigenvalue weighted by atomic mass is 9.91. The van der Waals surface area contributed by atoms with Crippen molar-refractivity contribution in [1.82, 2.24) is 0 Å². The van der Waals surface area contributed by atoms with E-state index in [-0.39, 0.29) is 0 Å². The third-order valence-electron chi connectivity index (χ3n) is 8.69. The van der Waals surface area contributed by atoms with Gasteiger partial charge in [-0.1, -0.05) is 97.1 Å². The molecule has 0 atom stereocenters. The molecule has 0 fully saturated rings. The third-order valence-corrected chi connectivity index (χ3v) is 9.86. The van der Waals surface area contributed by atoms with Crippen LogP contribution in [0.4, 0.5) is 0 Å². The van der Waals surface area contributed by atoms with Crippen LogP contribution in [0.3, 0.4) is 0 Å². The Balaban J connectivity index is 1.23. The summed E-state index contributed by atoms with van der Waals surface area (Å²) in [6.07, 6.45) is 0. The van der Waals surface area contributed by atoms with Crippen LogP contribution in [0.1, 0.15) is 0 Å². The second kappa shape index (κ2) is 8.54. The molecule has 0 saturated carbocycles. The summed E-state index contributed by atoms with van der Waals surface area (Å²) in [6, 6.07) is 46.8. The van der Waals surface area contributed by atoms with Crippen LogP contribution in [-0.2, 0) is 0 Å². The summed E-state index contributed by atoms with van der Waals surface area (Å²) in [5.74, 6) is 0.944. The van der Waals surface area contributed by atoms with Gasteiger partial charge in [0, 0.05) is 15.5 Å². The maximum atomic E-state index is 5.94. The van der Waals surface area contributed by atoms with E-state index in [4.69, 9.17) is 4.74 Å². The van der Waals surface area contributed by atoms with Crippen LogP contribution in [0.15, 0.2) is 127 Å². The van der Waals surface area contributed by atoms with E-state index in [1.807, 2.05) is 11.3 Å². The Hall–Kier alpha value is -4.92. The highest BCUT2D eigenvalue weighted by Gasteiger charge is 2.19. The van der Waals surface area contributed by atoms with Gasteiger partial charge in [-0.05, 0) is 95.7 Å². The molecular formula is C39H24OS. The molecule has 9 aromatic rings. The zero-order valence-electron chi connectivity index (χ0n) is 22.4. The zero-order valence-corrected chi connectivity index (χ0v) is 23.3. The Morgan fingerprint density at radius 3 is 1.90 bits per heavy atom. The zero-order chi connectivity index (χ0) is 27.1. The Kier molecular flexibility index (Phi) is 4.76. The van der Waals surface area contributed by atoms with Crippen molar-refractivity contribution in [3.05, 3.63) is 127 Å². The number of ether oxygens (including phenoxy) is 1. The Bertz CT molecular complexity index is 2460. The molecule has 2 heteroatoms. The first-order valence-electron chi connectivity index (χ1n) is 14.0. The highest BCUT2D eigenvalue weighted by atomic mass is 32.1. The molecule has 8 aromatic carbocycles. The first-order chi connectivity index (χ1) is 20.3. The lowest BCUT2D eigenvalue weighted by molar-refractivity contribution is 0.421. The van der Waals surface area contributed by atoms with Crippen LogP contribution >= 0.6 is 11.3 Å². The van der Waals surface area contributed by atoms with Crippen LogP contribution < -0.4 is 4.74 Å². The maximum Gasteiger partial charge on any atom is 0.137 e. The van der Waals surface area contributed by atoms with Crippen LogP contribution in [0, 0.1) is 0 Å². The van der Waals surface area contributed by atoms with Crippen molar-refractivity contribution >= 4 is 74.6 Å². The summed E-state index contributed by atoms with van der Waals surface area (Å²) in [5.41, 5.74) is 4.94. The molecule has 0 unspecified atom stereocenters. The second-order valence-corrected chi connectivity index (χ2v) is 11.9. The normalized spacial score (nSPS) is 12.0. The fraction of sp³-hybridized carbons (Fsp3) is 0.0256. The van der Waals surface area contributed by atoms with Gasteiger partial charge in [0.25, 0.3) is 0 Å². The molecule has 0 bridgehead atoms. The minimum absolute atomic E-state index is 0.944. The van der Waals surface area contributed by atoms with Gasteiger partial charge in [0.15, 0.2) is 0 Å². The van der Waals surface area contributed by atoms with Crippen molar-refractivity contribution in [3.8, 4) is 28.0 Å². The van der Waals surface area contributed by atoms with Crippen LogP contribution in [0.25, 0.3) is 85.5 Å². The number of hydrogen-bond donors (Lipinski definition) is 0. The topological polar surface area (TPSA) is 9.23 Å². The van der Waals surface area contributed by atoms with Crippen molar-refractivity contribution < 1.29 is 4.74 Å². The molecule has 1 aromatic heterocycles. The number of hydrogen-bond acceptors (Lipinski definition) is 2. The van der Waals surface area contributed by atoms with Gasteiger partial charge in [0.1, 0.15) is 5.75 Å². The molecule has 0 aliphatic carbocycles. The monoisotopic (exact) mass is 540 g/mol. The van der Waals surface area contributed by atoms with E-state index in [9.17, 15) is 0 Å². The molecule has 41 heavy (non-hydrogen) atoms. The van der Waals surface area contributed by atoms with E-state index in [1.165, 1.54) is 85.5 Å². The fourth-order valence-corrected chi connectivity index (χ4v) is 8.01. The van der Waals surface area contributed by atoms with Crippen molar-refractivity contribution in [2.45, 2.75) is 0 Å². The number of thiophene rings is 1. The van der Waals surface area contributed by atoms with Crippen LogP contribution in [0.2, 0.25) is 0 Å². The van der Waals surface area contributed by atoms with Gasteiger partial charge in [-0.3, -0.25) is 0 Å². The van der Waals surface area contributed by atoms with Gasteiger partial charge in [0.2, 0.25) is 0 Å². The van der Waals surface area contributed by atoms with Crippen LogP contribution in [-0.4, -0.2) is 7.11 Å². The molecular weight excluding hydrogens is 516 g/mol. The summed E-state index contributed by atoms with van der Waals surface area (Å²) in [7, 11) is 1.78. The van der Waals surface area contributed by atoms with Crippen molar-refractivity contribution in [3.63, 3.8) is 0 Å². The molecule has 1 nitrogen and oxygen atoms in total. The molecule has 1 heterocycles. The van der Waals surface area contributed by atoms with E-state index in [2.05, 4.69) is 127 Å². The number of methoxy groups -OCH3 is 1. The van der Waals surface area contributed by atoms with Gasteiger partial charge < -0.3 is 4.74 Å². The predicted molar refractivity (Wildman–Crippen MR) is 178 cm³/mol. The molecule has 0 amide bonds. The molecule has 0 aliphatic heterocycles. The summed E-state index contributed by atoms with van der Waals surface area (Å²) in [6.45, 7) is 0. The van der Waals surface area contributed by atoms with Gasteiger partial charge >= 0.3 is 0 Å². The second-order valence-electron chi connectivity index (χ2n) is 10.9. The van der Waals surface area contributed by atoms with E-state index in [1.54, 1.807) is 7.11 Å². The SMILES string of the molecule is COc1cc(-c2ccc3cc(-c4cc5ccccc5c5ccccc45)ccc3c2)c2ccc3cccc4sc1c2c34. The van der Waals surface area contributed by atoms with Gasteiger partial charge in [-0.25, -0.2) is 0 Å². The van der Waals surface area contributed by atoms with Gasteiger partial charge in [-0.2, -0.15) is 0 Å². The molecule has 192 valence electrons. The van der Waals surface area contributed by atoms with E-state index in [0.29, 0.717) is 0 Å². The first-order valence-corrected chi connectivity index (χ1v) is 14.8. The molecule has 0 N–H and O–H groups in total. The number of rotatable bonds is 3. The highest BCUT2D eigenvalue weighted by molar-refractivity contribution is 7.26. The van der Waals surface area contributed by atoms with Crippen molar-refractivity contribution in [1.29, 1.82) is 0 Å². The number of benzene rings is 8. The number of fused-ring (bicyclic) bond motifs is 4. The van der Waals surface area contributed by atoms with E-state index >= 15 is 0 Å². The third kappa shape index (κ3) is 3.29. The summed E-state index contributed by atoms with van der Waals surface area (Å²) in [5, 5.41) is 12.9. The van der Waals surface area contributed by atoms with Crippen molar-refractivity contribution in [2.75, 3.05) is 7.11 Å². The van der Waals surface area contributed by atoms with E-state index in [0.717, 1.165) is 5.75 Å². The Morgan fingerprint density at radius 1 is 0.463 bits per heavy atom. The lowest BCUT2D eigenvalue weighted by Gasteiger charge is -2.14. The average Bonchev–Trinajstić information content (AvgIpc) is 3.43. The average molecular weight is 541 g/mol. The summed E-state index contributed by atoms with van der Waals surface area (Å²) < 4.78 is 8.48. The Morgan fingerprint density at radius 2 is 1.12 bits per heavy atom. The molecule has 0 aliphatic rings.